The fraction of sp³-hybridized carbons (Fsp3) is 0.107. The Morgan fingerprint density at radius 3 is 2.34 bits per heavy atom. The number of benzene rings is 3. The van der Waals surface area contributed by atoms with Gasteiger partial charge in [0.25, 0.3) is 0 Å². The summed E-state index contributed by atoms with van der Waals surface area (Å²) in [5.74, 6) is 0.610. The molecule has 0 saturated carbocycles. The summed E-state index contributed by atoms with van der Waals surface area (Å²) in [5, 5.41) is 7.67. The van der Waals surface area contributed by atoms with E-state index in [1.807, 2.05) is 66.9 Å². The second-order valence-corrected chi connectivity index (χ2v) is 8.13. The van der Waals surface area contributed by atoms with Crippen molar-refractivity contribution < 1.29 is 13.6 Å². The van der Waals surface area contributed by atoms with Gasteiger partial charge in [-0.3, -0.25) is 4.79 Å². The van der Waals surface area contributed by atoms with E-state index in [4.69, 9.17) is 9.52 Å². The number of rotatable bonds is 7. The highest BCUT2D eigenvalue weighted by Gasteiger charge is 2.17. The molecular weight excluding hydrogens is 443 g/mol. The van der Waals surface area contributed by atoms with Crippen LogP contribution in [0.15, 0.2) is 95.5 Å². The lowest BCUT2D eigenvalue weighted by atomic mass is 10.1. The molecule has 7 heteroatoms. The number of nitrogens with zero attached hydrogens (tertiary/aromatic N) is 3. The van der Waals surface area contributed by atoms with Crippen molar-refractivity contribution in [2.75, 3.05) is 0 Å². The van der Waals surface area contributed by atoms with Gasteiger partial charge in [-0.05, 0) is 55.5 Å². The van der Waals surface area contributed by atoms with Crippen molar-refractivity contribution in [3.63, 3.8) is 0 Å². The molecule has 174 valence electrons. The quantitative estimate of drug-likeness (QED) is 0.344. The molecule has 0 atom stereocenters. The van der Waals surface area contributed by atoms with Gasteiger partial charge in [-0.25, -0.2) is 14.1 Å². The average molecular weight is 467 g/mol. The first-order valence-corrected chi connectivity index (χ1v) is 11.2. The summed E-state index contributed by atoms with van der Waals surface area (Å²) in [7, 11) is 0. The maximum Gasteiger partial charge on any atom is 0.226 e. The molecule has 1 N–H and O–H groups in total. The summed E-state index contributed by atoms with van der Waals surface area (Å²) in [5.41, 5.74) is 4.61. The highest BCUT2D eigenvalue weighted by molar-refractivity contribution is 5.79. The van der Waals surface area contributed by atoms with Crippen LogP contribution in [0.5, 0.6) is 0 Å². The molecule has 0 aliphatic carbocycles. The molecule has 2 aromatic heterocycles. The normalized spacial score (nSPS) is 10.9. The van der Waals surface area contributed by atoms with Crippen LogP contribution in [0.25, 0.3) is 28.4 Å². The van der Waals surface area contributed by atoms with Gasteiger partial charge in [0.05, 0.1) is 23.5 Å². The number of halogens is 1. The van der Waals surface area contributed by atoms with Crippen LogP contribution in [0, 0.1) is 12.7 Å². The Balaban J connectivity index is 1.34. The van der Waals surface area contributed by atoms with E-state index in [9.17, 15) is 9.18 Å². The van der Waals surface area contributed by atoms with Gasteiger partial charge in [-0.1, -0.05) is 36.4 Å². The Hall–Kier alpha value is -4.52. The highest BCUT2D eigenvalue weighted by Crippen LogP contribution is 2.25. The fourth-order valence-electron chi connectivity index (χ4n) is 3.81. The maximum atomic E-state index is 13.5. The first-order valence-electron chi connectivity index (χ1n) is 11.2. The second-order valence-electron chi connectivity index (χ2n) is 8.13. The van der Waals surface area contributed by atoms with Crippen LogP contribution in [-0.2, 0) is 17.8 Å². The molecule has 5 rings (SSSR count). The fourth-order valence-corrected chi connectivity index (χ4v) is 3.81. The second kappa shape index (κ2) is 9.77. The zero-order chi connectivity index (χ0) is 24.2. The van der Waals surface area contributed by atoms with E-state index < -0.39 is 0 Å². The molecule has 0 radical (unpaired) electrons. The van der Waals surface area contributed by atoms with Gasteiger partial charge in [0.15, 0.2) is 0 Å². The molecule has 35 heavy (non-hydrogen) atoms. The first kappa shape index (κ1) is 22.3. The Morgan fingerprint density at radius 1 is 0.943 bits per heavy atom. The number of amides is 1. The molecule has 0 unspecified atom stereocenters. The molecule has 6 nitrogen and oxygen atoms in total. The molecule has 5 aromatic rings. The van der Waals surface area contributed by atoms with Gasteiger partial charge in [0, 0.05) is 29.4 Å². The molecule has 3 aromatic carbocycles. The van der Waals surface area contributed by atoms with E-state index in [1.165, 1.54) is 12.1 Å². The van der Waals surface area contributed by atoms with Crippen molar-refractivity contribution >= 4 is 5.91 Å². The summed E-state index contributed by atoms with van der Waals surface area (Å²) >= 11 is 0. The monoisotopic (exact) mass is 466 g/mol. The van der Waals surface area contributed by atoms with E-state index in [0.29, 0.717) is 23.0 Å². The van der Waals surface area contributed by atoms with Crippen molar-refractivity contribution in [3.8, 4) is 28.4 Å². The zero-order valence-corrected chi connectivity index (χ0v) is 19.1. The minimum atomic E-state index is -0.316. The predicted molar refractivity (Wildman–Crippen MR) is 131 cm³/mol. The van der Waals surface area contributed by atoms with Crippen LogP contribution in [0.4, 0.5) is 4.39 Å². The molecule has 0 saturated heterocycles. The summed E-state index contributed by atoms with van der Waals surface area (Å²) in [6, 6.07) is 25.4. The van der Waals surface area contributed by atoms with Crippen molar-refractivity contribution in [2.45, 2.75) is 19.9 Å². The van der Waals surface area contributed by atoms with Gasteiger partial charge in [0.2, 0.25) is 11.8 Å². The summed E-state index contributed by atoms with van der Waals surface area (Å²) in [6.45, 7) is 2.07. The number of hydrogen-bond acceptors (Lipinski definition) is 4. The number of aryl methyl sites for hydroxylation is 1. The average Bonchev–Trinajstić information content (AvgIpc) is 3.48. The van der Waals surface area contributed by atoms with Crippen molar-refractivity contribution in [3.05, 3.63) is 114 Å². The summed E-state index contributed by atoms with van der Waals surface area (Å²) < 4.78 is 21.0. The van der Waals surface area contributed by atoms with Crippen LogP contribution in [0.2, 0.25) is 0 Å². The smallest absolute Gasteiger partial charge is 0.226 e. The van der Waals surface area contributed by atoms with E-state index in [2.05, 4.69) is 10.3 Å². The van der Waals surface area contributed by atoms with Crippen LogP contribution in [0.1, 0.15) is 17.0 Å². The molecule has 0 bridgehead atoms. The molecule has 1 amide bonds. The number of nitrogens with one attached hydrogen (secondary N) is 1. The lowest BCUT2D eigenvalue weighted by Crippen LogP contribution is -2.25. The number of aromatic nitrogens is 3. The predicted octanol–water partition coefficient (Wildman–Crippen LogP) is 5.50. The first-order chi connectivity index (χ1) is 17.1. The van der Waals surface area contributed by atoms with E-state index in [1.54, 1.807) is 23.7 Å². The number of carbonyl (C=O) groups excluding carboxylic acids is 1. The summed E-state index contributed by atoms with van der Waals surface area (Å²) in [6.07, 6.45) is 1.98. The Morgan fingerprint density at radius 2 is 1.63 bits per heavy atom. The molecule has 0 aliphatic heterocycles. The van der Waals surface area contributed by atoms with Gasteiger partial charge in [-0.15, -0.1) is 0 Å². The van der Waals surface area contributed by atoms with Crippen molar-refractivity contribution in [1.29, 1.82) is 0 Å². The van der Waals surface area contributed by atoms with Gasteiger partial charge >= 0.3 is 0 Å². The number of hydrogen-bond donors (Lipinski definition) is 1. The van der Waals surface area contributed by atoms with Crippen LogP contribution >= 0.6 is 0 Å². The van der Waals surface area contributed by atoms with Crippen molar-refractivity contribution in [2.24, 2.45) is 0 Å². The van der Waals surface area contributed by atoms with Gasteiger partial charge < -0.3 is 9.73 Å². The van der Waals surface area contributed by atoms with Gasteiger partial charge in [-0.2, -0.15) is 5.10 Å². The Bertz CT molecular complexity index is 1440. The van der Waals surface area contributed by atoms with Gasteiger partial charge in [0.1, 0.15) is 11.6 Å². The minimum Gasteiger partial charge on any atom is -0.441 e. The van der Waals surface area contributed by atoms with Crippen LogP contribution in [-0.4, -0.2) is 20.7 Å². The Labute approximate surface area is 202 Å². The van der Waals surface area contributed by atoms with Crippen LogP contribution in [0.3, 0.4) is 0 Å². The largest absolute Gasteiger partial charge is 0.441 e. The molecule has 2 heterocycles. The topological polar surface area (TPSA) is 73.0 Å². The Kier molecular flexibility index (Phi) is 6.22. The number of para-hydroxylation sites is 1. The molecule has 0 aliphatic rings. The molecule has 0 fully saturated rings. The lowest BCUT2D eigenvalue weighted by Gasteiger charge is -2.05. The summed E-state index contributed by atoms with van der Waals surface area (Å²) in [4.78, 5) is 17.3. The van der Waals surface area contributed by atoms with Crippen LogP contribution < -0.4 is 5.32 Å². The standard InChI is InChI=1S/C28H23FN4O2/c1-19-25(31-28(35-19)21-8-4-2-5-9-21)16-26(34)30-17-22-18-33(24-10-6-3-7-11-24)32-27(22)20-12-14-23(29)15-13-20/h2-15,18H,16-17H2,1H3,(H,30,34). The maximum absolute atomic E-state index is 13.5. The lowest BCUT2D eigenvalue weighted by molar-refractivity contribution is -0.120. The third-order valence-corrected chi connectivity index (χ3v) is 5.65. The SMILES string of the molecule is Cc1oc(-c2ccccc2)nc1CC(=O)NCc1cn(-c2ccccc2)nc1-c1ccc(F)cc1. The third kappa shape index (κ3) is 5.04. The van der Waals surface area contributed by atoms with Crippen molar-refractivity contribution in [1.82, 2.24) is 20.1 Å². The van der Waals surface area contributed by atoms with E-state index in [-0.39, 0.29) is 24.7 Å². The zero-order valence-electron chi connectivity index (χ0n) is 19.1. The highest BCUT2D eigenvalue weighted by atomic mass is 19.1. The van der Waals surface area contributed by atoms with E-state index >= 15 is 0 Å². The third-order valence-electron chi connectivity index (χ3n) is 5.65. The minimum absolute atomic E-state index is 0.0981. The number of carbonyl (C=O) groups is 1. The number of oxazole rings is 1. The molecule has 0 spiro atoms. The molecular formula is C28H23FN4O2. The van der Waals surface area contributed by atoms with E-state index in [0.717, 1.165) is 22.4 Å².